The number of rotatable bonds is 12. The van der Waals surface area contributed by atoms with Crippen molar-refractivity contribution in [1.29, 1.82) is 0 Å². The van der Waals surface area contributed by atoms with E-state index >= 15 is 4.39 Å². The van der Waals surface area contributed by atoms with Crippen LogP contribution in [-0.4, -0.2) is 119 Å². The first-order chi connectivity index (χ1) is 23.0. The fourth-order valence-electron chi connectivity index (χ4n) is 7.19. The molecule has 2 aliphatic rings. The third-order valence-corrected chi connectivity index (χ3v) is 10.2. The first-order valence-corrected chi connectivity index (χ1v) is 18.1. The van der Waals surface area contributed by atoms with E-state index < -0.39 is 65.1 Å². The molecule has 0 radical (unpaired) electrons. The van der Waals surface area contributed by atoms with E-state index in [9.17, 15) is 29.4 Å². The zero-order chi connectivity index (χ0) is 38.4. The zero-order valence-corrected chi connectivity index (χ0v) is 32.3. The molecule has 0 unspecified atom stereocenters. The molecule has 2 aliphatic heterocycles. The van der Waals surface area contributed by atoms with Gasteiger partial charge in [-0.2, -0.15) is 0 Å². The van der Waals surface area contributed by atoms with Gasteiger partial charge in [0, 0.05) is 30.5 Å². The predicted octanol–water partition coefficient (Wildman–Crippen LogP) is 4.39. The number of esters is 1. The van der Waals surface area contributed by atoms with Crippen molar-refractivity contribution in [3.05, 3.63) is 0 Å². The van der Waals surface area contributed by atoms with Gasteiger partial charge in [-0.15, -0.1) is 0 Å². The molecule has 2 N–H and O–H groups in total. The molecule has 0 bridgehead atoms. The molecule has 13 heteroatoms. The van der Waals surface area contributed by atoms with E-state index in [1.807, 2.05) is 39.8 Å². The Morgan fingerprint density at radius 1 is 1.14 bits per heavy atom. The van der Waals surface area contributed by atoms with Crippen LogP contribution in [0.2, 0.25) is 0 Å². The number of ether oxygens (including phenoxy) is 4. The lowest BCUT2D eigenvalue weighted by Gasteiger charge is -2.47. The molecule has 0 aliphatic carbocycles. The maximum Gasteiger partial charge on any atom is 0.351 e. The maximum absolute atomic E-state index is 16.5. The maximum atomic E-state index is 16.5. The van der Waals surface area contributed by atoms with E-state index in [4.69, 9.17) is 18.9 Å². The number of nitrogens with zero attached hydrogens (tertiary/aromatic N) is 2. The fourth-order valence-corrected chi connectivity index (χ4v) is 7.19. The number of amides is 1. The summed E-state index contributed by atoms with van der Waals surface area (Å²) >= 11 is 0. The van der Waals surface area contributed by atoms with Crippen molar-refractivity contribution in [1.82, 2.24) is 4.90 Å². The normalized spacial score (nSPS) is 32.8. The number of likely N-dealkylation sites (N-methyl/N-ethyl adjacent to an activating group) is 1. The predicted molar refractivity (Wildman–Crippen MR) is 186 cm³/mol. The summed E-state index contributed by atoms with van der Waals surface area (Å²) in [6, 6.07) is -0.383. The number of aliphatic hydroxyl groups excluding tert-OH is 1. The average molecular weight is 715 g/mol. The largest absolute Gasteiger partial charge is 0.457 e. The van der Waals surface area contributed by atoms with Crippen LogP contribution in [0.1, 0.15) is 114 Å². The molecule has 1 amide bonds. The number of carbonyl (C=O) groups excluding carboxylic acids is 4. The van der Waals surface area contributed by atoms with E-state index in [2.05, 4.69) is 4.99 Å². The second-order valence-electron chi connectivity index (χ2n) is 15.6. The highest BCUT2D eigenvalue weighted by Crippen LogP contribution is 2.39. The molecule has 2 rings (SSSR count). The monoisotopic (exact) mass is 714 g/mol. The number of halogens is 1. The number of alkyl halides is 1. The number of carbonyl (C=O) groups is 4. The highest BCUT2D eigenvalue weighted by Gasteiger charge is 2.54. The number of Topliss-reactive ketones (excluding diaryl/α,β-unsaturated/α-hetero) is 2. The van der Waals surface area contributed by atoms with Crippen molar-refractivity contribution in [2.75, 3.05) is 20.7 Å². The van der Waals surface area contributed by atoms with Crippen LogP contribution in [0.5, 0.6) is 0 Å². The average Bonchev–Trinajstić information content (AvgIpc) is 3.04. The van der Waals surface area contributed by atoms with Gasteiger partial charge in [-0.25, -0.2) is 14.2 Å². The Morgan fingerprint density at radius 2 is 1.76 bits per heavy atom. The fraction of sp³-hybridized carbons (Fsp3) is 0.865. The third-order valence-electron chi connectivity index (χ3n) is 10.2. The van der Waals surface area contributed by atoms with Gasteiger partial charge in [-0.1, -0.05) is 34.6 Å². The smallest absolute Gasteiger partial charge is 0.351 e. The van der Waals surface area contributed by atoms with Crippen LogP contribution >= 0.6 is 0 Å². The first kappa shape index (κ1) is 44.0. The second kappa shape index (κ2) is 18.1. The molecule has 0 aromatic heterocycles. The molecule has 2 fully saturated rings. The number of aliphatic hydroxyl groups is 2. The van der Waals surface area contributed by atoms with Crippen LogP contribution in [0.4, 0.5) is 4.39 Å². The van der Waals surface area contributed by atoms with Gasteiger partial charge in [0.25, 0.3) is 5.67 Å². The minimum Gasteiger partial charge on any atom is -0.457 e. The lowest BCUT2D eigenvalue weighted by atomic mass is 9.75. The Bertz CT molecular complexity index is 1220. The zero-order valence-electron chi connectivity index (χ0n) is 32.3. The molecule has 0 spiro atoms. The van der Waals surface area contributed by atoms with Gasteiger partial charge in [0.15, 0.2) is 17.9 Å². The first-order valence-electron chi connectivity index (χ1n) is 18.1. The molecular weight excluding hydrogens is 651 g/mol. The van der Waals surface area contributed by atoms with E-state index in [0.29, 0.717) is 25.0 Å². The number of aliphatic imine (C=N–C) groups is 1. The molecule has 288 valence electrons. The van der Waals surface area contributed by atoms with Crippen LogP contribution in [0.25, 0.3) is 0 Å². The summed E-state index contributed by atoms with van der Waals surface area (Å²) in [7, 11) is 3.62. The third kappa shape index (κ3) is 11.2. The van der Waals surface area contributed by atoms with E-state index in [1.165, 1.54) is 20.8 Å². The molecular formula is C37H63FN2O10. The highest BCUT2D eigenvalue weighted by atomic mass is 19.1. The molecule has 12 nitrogen and oxygen atoms in total. The summed E-state index contributed by atoms with van der Waals surface area (Å²) in [6.45, 7) is 15.4. The van der Waals surface area contributed by atoms with Crippen LogP contribution in [-0.2, 0) is 38.1 Å². The van der Waals surface area contributed by atoms with Crippen molar-refractivity contribution >= 4 is 29.2 Å². The highest BCUT2D eigenvalue weighted by molar-refractivity contribution is 6.08. The van der Waals surface area contributed by atoms with Crippen molar-refractivity contribution in [2.24, 2.45) is 22.7 Å². The van der Waals surface area contributed by atoms with Gasteiger partial charge in [0.2, 0.25) is 5.91 Å². The molecule has 50 heavy (non-hydrogen) atoms. The van der Waals surface area contributed by atoms with Gasteiger partial charge in [0.1, 0.15) is 18.8 Å². The van der Waals surface area contributed by atoms with Gasteiger partial charge in [0.05, 0.1) is 23.4 Å². The molecule has 0 aromatic rings. The van der Waals surface area contributed by atoms with Crippen LogP contribution in [0, 0.1) is 17.8 Å². The molecule has 2 heterocycles. The SMILES string of the molecule is CCC(=O)N=C1[C@H](C)CCCC(=O)CO[C@@](C)([C@H](O[C@@H]2O[C@H](C)C[C@H](N(C)C)[C@H]2O)[C@@H](C)C(=O)[C@](C)(F)C(=O)O[C@H](CC)C(C)(C)O)C[C@H]1C. The van der Waals surface area contributed by atoms with Crippen LogP contribution in [0.3, 0.4) is 0 Å². The molecule has 0 aromatic carbocycles. The lowest BCUT2D eigenvalue weighted by Crippen LogP contribution is -2.60. The summed E-state index contributed by atoms with van der Waals surface area (Å²) in [5.41, 5.74) is -5.58. The number of hydrogen-bond donors (Lipinski definition) is 2. The van der Waals surface area contributed by atoms with Gasteiger partial charge >= 0.3 is 5.97 Å². The summed E-state index contributed by atoms with van der Waals surface area (Å²) in [5, 5.41) is 21.9. The van der Waals surface area contributed by atoms with Crippen LogP contribution in [0.15, 0.2) is 4.99 Å². The minimum atomic E-state index is -3.18. The topological polar surface area (TPSA) is 161 Å². The quantitative estimate of drug-likeness (QED) is 0.218. The molecule has 2 saturated heterocycles. The summed E-state index contributed by atoms with van der Waals surface area (Å²) in [4.78, 5) is 59.4. The van der Waals surface area contributed by atoms with Crippen LogP contribution < -0.4 is 0 Å². The van der Waals surface area contributed by atoms with Crippen molar-refractivity contribution < 1.29 is 52.7 Å². The van der Waals surface area contributed by atoms with Crippen molar-refractivity contribution in [3.63, 3.8) is 0 Å². The van der Waals surface area contributed by atoms with Gasteiger partial charge in [-0.3, -0.25) is 14.4 Å². The second-order valence-corrected chi connectivity index (χ2v) is 15.6. The Morgan fingerprint density at radius 3 is 2.30 bits per heavy atom. The Kier molecular flexibility index (Phi) is 15.9. The number of ketones is 2. The van der Waals surface area contributed by atoms with Crippen molar-refractivity contribution in [3.8, 4) is 0 Å². The summed E-state index contributed by atoms with van der Waals surface area (Å²) in [5.74, 6) is -5.11. The Hall–Kier alpha value is -2.16. The summed E-state index contributed by atoms with van der Waals surface area (Å²) in [6.07, 6.45) is -2.97. The molecule has 0 saturated carbocycles. The van der Waals surface area contributed by atoms with Gasteiger partial charge < -0.3 is 34.1 Å². The Labute approximate surface area is 297 Å². The molecule has 11 atom stereocenters. The Balaban J connectivity index is 2.71. The van der Waals surface area contributed by atoms with Gasteiger partial charge in [-0.05, 0) is 92.7 Å². The standard InChI is InChI=1S/C37H63FN2O10/c1-13-27(35(7,8)46)49-34(45)37(10,38)31(44)24(6)32(50-33-30(43)26(40(11)12)18-23(5)48-33)36(9)19-22(4)29(39-28(42)14-2)21(3)16-15-17-25(41)20-47-36/h21-24,26-27,30,32-33,43,46H,13-20H2,1-12H3/t21-,22-,23-,24+,26+,27-,30-,32-,33+,36-,37+/m1/s1. The minimum absolute atomic E-state index is 0.0856. The lowest BCUT2D eigenvalue weighted by molar-refractivity contribution is -0.297. The van der Waals surface area contributed by atoms with E-state index in [-0.39, 0.29) is 62.0 Å². The summed E-state index contributed by atoms with van der Waals surface area (Å²) < 4.78 is 40.8. The van der Waals surface area contributed by atoms with Crippen molar-refractivity contribution in [2.45, 2.75) is 168 Å². The van der Waals surface area contributed by atoms with E-state index in [1.54, 1.807) is 20.8 Å². The van der Waals surface area contributed by atoms with E-state index in [0.717, 1.165) is 6.92 Å². The number of hydrogen-bond acceptors (Lipinski definition) is 11.